The van der Waals surface area contributed by atoms with Gasteiger partial charge in [-0.25, -0.2) is 8.42 Å². The molecule has 11 heteroatoms. The first-order valence-corrected chi connectivity index (χ1v) is 15.9. The van der Waals surface area contributed by atoms with Gasteiger partial charge in [-0.05, 0) is 67.8 Å². The average molecular weight is 667 g/mol. The highest BCUT2D eigenvalue weighted by atomic mass is 79.9. The van der Waals surface area contributed by atoms with Gasteiger partial charge in [0, 0.05) is 22.1 Å². The van der Waals surface area contributed by atoms with Gasteiger partial charge in [-0.3, -0.25) is 13.9 Å². The van der Waals surface area contributed by atoms with Gasteiger partial charge in [0.1, 0.15) is 12.6 Å². The number of carbonyl (C=O) groups excluding carboxylic acids is 2. The number of nitrogens with zero attached hydrogens (tertiary/aromatic N) is 2. The summed E-state index contributed by atoms with van der Waals surface area (Å²) in [7, 11) is -4.23. The molecule has 2 amide bonds. The van der Waals surface area contributed by atoms with Crippen LogP contribution in [-0.4, -0.2) is 43.8 Å². The van der Waals surface area contributed by atoms with Gasteiger partial charge in [-0.1, -0.05) is 82.3 Å². The molecule has 0 bridgehead atoms. The molecule has 1 aliphatic rings. The van der Waals surface area contributed by atoms with Gasteiger partial charge in [0.05, 0.1) is 15.6 Å². The maximum absolute atomic E-state index is 14.0. The lowest BCUT2D eigenvalue weighted by Gasteiger charge is -2.32. The third-order valence-electron chi connectivity index (χ3n) is 6.90. The molecule has 0 radical (unpaired) electrons. The van der Waals surface area contributed by atoms with Crippen molar-refractivity contribution in [3.8, 4) is 0 Å². The molecule has 1 saturated carbocycles. The fraction of sp³-hybridized carbons (Fsp3) is 0.310. The van der Waals surface area contributed by atoms with Crippen molar-refractivity contribution in [3.63, 3.8) is 0 Å². The van der Waals surface area contributed by atoms with E-state index in [-0.39, 0.29) is 39.1 Å². The number of benzene rings is 3. The predicted octanol–water partition coefficient (Wildman–Crippen LogP) is 6.43. The molecule has 0 aliphatic heterocycles. The van der Waals surface area contributed by atoms with Crippen LogP contribution < -0.4 is 9.62 Å². The maximum atomic E-state index is 14.0. The fourth-order valence-electron chi connectivity index (χ4n) is 4.72. The third kappa shape index (κ3) is 7.37. The molecule has 0 spiro atoms. The number of amides is 2. The fourth-order valence-corrected chi connectivity index (χ4v) is 7.05. The van der Waals surface area contributed by atoms with E-state index in [1.165, 1.54) is 35.2 Å². The number of rotatable bonds is 10. The van der Waals surface area contributed by atoms with Crippen LogP contribution in [0.5, 0.6) is 0 Å². The molecule has 0 heterocycles. The van der Waals surface area contributed by atoms with Crippen LogP contribution in [0.15, 0.2) is 82.2 Å². The summed E-state index contributed by atoms with van der Waals surface area (Å²) in [4.78, 5) is 28.7. The molecule has 212 valence electrons. The van der Waals surface area contributed by atoms with Crippen molar-refractivity contribution in [2.75, 3.05) is 10.8 Å². The molecule has 3 aromatic carbocycles. The first-order chi connectivity index (χ1) is 19.1. The zero-order valence-corrected chi connectivity index (χ0v) is 25.8. The minimum absolute atomic E-state index is 0.00981. The van der Waals surface area contributed by atoms with Crippen molar-refractivity contribution in [3.05, 3.63) is 92.9 Å². The highest BCUT2D eigenvalue weighted by Gasteiger charge is 2.34. The number of nitrogens with one attached hydrogen (secondary N) is 1. The second kappa shape index (κ2) is 13.4. The standard InChI is InChI=1S/C29H30BrCl2N3O4S/c1-20(29(37)33-24-10-5-6-11-24)34(18-21-8-7-9-22(30)16-21)28(36)19-35(27-17-23(31)14-15-26(27)32)40(38,39)25-12-3-2-4-13-25/h2-4,7-9,12-17,20,24H,5-6,10-11,18-19H2,1H3,(H,33,37)/t20-/m0/s1. The van der Waals surface area contributed by atoms with E-state index in [0.29, 0.717) is 0 Å². The first-order valence-electron chi connectivity index (χ1n) is 12.9. The van der Waals surface area contributed by atoms with E-state index in [1.54, 1.807) is 25.1 Å². The lowest BCUT2D eigenvalue weighted by Crippen LogP contribution is -2.52. The van der Waals surface area contributed by atoms with E-state index in [4.69, 9.17) is 23.2 Å². The van der Waals surface area contributed by atoms with E-state index in [0.717, 1.165) is 40.0 Å². The second-order valence-electron chi connectivity index (χ2n) is 9.74. The summed E-state index contributed by atoms with van der Waals surface area (Å²) in [6.45, 7) is 1.16. The molecular weight excluding hydrogens is 637 g/mol. The molecule has 4 rings (SSSR count). The minimum atomic E-state index is -4.23. The monoisotopic (exact) mass is 665 g/mol. The van der Waals surface area contributed by atoms with Crippen LogP contribution in [-0.2, 0) is 26.2 Å². The van der Waals surface area contributed by atoms with Crippen LogP contribution >= 0.6 is 39.1 Å². The second-order valence-corrected chi connectivity index (χ2v) is 13.4. The summed E-state index contributed by atoms with van der Waals surface area (Å²) in [5.41, 5.74) is 0.846. The van der Waals surface area contributed by atoms with Crippen molar-refractivity contribution in [1.29, 1.82) is 0 Å². The number of hydrogen-bond acceptors (Lipinski definition) is 4. The number of anilines is 1. The largest absolute Gasteiger partial charge is 0.352 e. The van der Waals surface area contributed by atoms with Gasteiger partial charge in [-0.2, -0.15) is 0 Å². The lowest BCUT2D eigenvalue weighted by atomic mass is 10.1. The van der Waals surface area contributed by atoms with Crippen molar-refractivity contribution < 1.29 is 18.0 Å². The Labute approximate surface area is 253 Å². The van der Waals surface area contributed by atoms with Gasteiger partial charge in [0.25, 0.3) is 10.0 Å². The lowest BCUT2D eigenvalue weighted by molar-refractivity contribution is -0.139. The van der Waals surface area contributed by atoms with Crippen LogP contribution in [0, 0.1) is 0 Å². The quantitative estimate of drug-likeness (QED) is 0.270. The van der Waals surface area contributed by atoms with E-state index >= 15 is 0 Å². The molecule has 0 aromatic heterocycles. The summed E-state index contributed by atoms with van der Waals surface area (Å²) in [5.74, 6) is -0.849. The molecule has 1 fully saturated rings. The molecule has 1 atom stereocenters. The van der Waals surface area contributed by atoms with Crippen LogP contribution in [0.2, 0.25) is 10.0 Å². The van der Waals surface area contributed by atoms with Crippen LogP contribution in [0.3, 0.4) is 0 Å². The Morgan fingerprint density at radius 1 is 1.00 bits per heavy atom. The molecule has 0 unspecified atom stereocenters. The van der Waals surface area contributed by atoms with Crippen molar-refractivity contribution >= 4 is 66.7 Å². The highest BCUT2D eigenvalue weighted by molar-refractivity contribution is 9.10. The maximum Gasteiger partial charge on any atom is 0.264 e. The number of halogens is 3. The topological polar surface area (TPSA) is 86.8 Å². The Morgan fingerprint density at radius 3 is 2.38 bits per heavy atom. The third-order valence-corrected chi connectivity index (χ3v) is 9.72. The zero-order chi connectivity index (χ0) is 28.9. The summed E-state index contributed by atoms with van der Waals surface area (Å²) in [6.07, 6.45) is 3.89. The summed E-state index contributed by atoms with van der Waals surface area (Å²) >= 11 is 16.1. The number of sulfonamides is 1. The van der Waals surface area contributed by atoms with Gasteiger partial charge >= 0.3 is 0 Å². The molecule has 1 aliphatic carbocycles. The molecule has 40 heavy (non-hydrogen) atoms. The van der Waals surface area contributed by atoms with Crippen molar-refractivity contribution in [2.24, 2.45) is 0 Å². The highest BCUT2D eigenvalue weighted by Crippen LogP contribution is 2.33. The van der Waals surface area contributed by atoms with E-state index in [1.807, 2.05) is 24.3 Å². The minimum Gasteiger partial charge on any atom is -0.352 e. The molecular formula is C29H30BrCl2N3O4S. The summed E-state index contributed by atoms with van der Waals surface area (Å²) < 4.78 is 29.5. The van der Waals surface area contributed by atoms with Gasteiger partial charge in [0.15, 0.2) is 0 Å². The van der Waals surface area contributed by atoms with Crippen LogP contribution in [0.1, 0.15) is 38.2 Å². The summed E-state index contributed by atoms with van der Waals surface area (Å²) in [5, 5.41) is 3.43. The Morgan fingerprint density at radius 2 is 1.70 bits per heavy atom. The predicted molar refractivity (Wildman–Crippen MR) is 162 cm³/mol. The SMILES string of the molecule is C[C@@H](C(=O)NC1CCCC1)N(Cc1cccc(Br)c1)C(=O)CN(c1cc(Cl)ccc1Cl)S(=O)(=O)c1ccccc1. The van der Waals surface area contributed by atoms with E-state index in [2.05, 4.69) is 21.2 Å². The normalized spacial score (nSPS) is 14.5. The smallest absolute Gasteiger partial charge is 0.264 e. The molecule has 7 nitrogen and oxygen atoms in total. The Hall–Kier alpha value is -2.59. The summed E-state index contributed by atoms with van der Waals surface area (Å²) in [6, 6.07) is 18.8. The Balaban J connectivity index is 1.71. The Bertz CT molecular complexity index is 1470. The molecule has 1 N–H and O–H groups in total. The van der Waals surface area contributed by atoms with Gasteiger partial charge in [0.2, 0.25) is 11.8 Å². The van der Waals surface area contributed by atoms with Gasteiger partial charge in [-0.15, -0.1) is 0 Å². The van der Waals surface area contributed by atoms with Crippen LogP contribution in [0.25, 0.3) is 0 Å². The van der Waals surface area contributed by atoms with E-state index in [9.17, 15) is 18.0 Å². The average Bonchev–Trinajstić information content (AvgIpc) is 3.45. The number of hydrogen-bond donors (Lipinski definition) is 1. The first kappa shape index (κ1) is 30.4. The van der Waals surface area contributed by atoms with Crippen LogP contribution in [0.4, 0.5) is 5.69 Å². The van der Waals surface area contributed by atoms with Crippen molar-refractivity contribution in [2.45, 2.75) is 56.1 Å². The van der Waals surface area contributed by atoms with Crippen molar-refractivity contribution in [1.82, 2.24) is 10.2 Å². The zero-order valence-electron chi connectivity index (χ0n) is 21.9. The van der Waals surface area contributed by atoms with Gasteiger partial charge < -0.3 is 10.2 Å². The molecule has 3 aromatic rings. The number of carbonyl (C=O) groups is 2. The Kier molecular flexibility index (Phi) is 10.2. The molecule has 0 saturated heterocycles. The van der Waals surface area contributed by atoms with E-state index < -0.39 is 28.5 Å².